The largest absolute Gasteiger partial charge is 0.593 e. The van der Waals surface area contributed by atoms with Crippen LogP contribution in [-0.4, -0.2) is 62.6 Å². The zero-order chi connectivity index (χ0) is 24.7. The number of fused-ring (bicyclic) bond motifs is 1. The number of carbonyl (C=O) groups excluding carboxylic acids is 1. The molecule has 0 aliphatic carbocycles. The summed E-state index contributed by atoms with van der Waals surface area (Å²) in [4.78, 5) is 25.8. The SMILES string of the molecule is O=C(NCc1ccccc1[S+]([O-])N1CCOCC1)c1csc(CCNCc2nc3ccccc3[nH]2)n1. The van der Waals surface area contributed by atoms with E-state index in [1.165, 1.54) is 11.3 Å². The number of hydrogen-bond acceptors (Lipinski definition) is 8. The number of aromatic nitrogens is 3. The molecule has 3 heterocycles. The van der Waals surface area contributed by atoms with Crippen molar-refractivity contribution >= 4 is 39.6 Å². The number of thiazole rings is 1. The first kappa shape index (κ1) is 24.9. The van der Waals surface area contributed by atoms with Crippen LogP contribution < -0.4 is 10.6 Å². The zero-order valence-electron chi connectivity index (χ0n) is 19.7. The summed E-state index contributed by atoms with van der Waals surface area (Å²) in [6, 6.07) is 15.5. The lowest BCUT2D eigenvalue weighted by Gasteiger charge is -2.28. The van der Waals surface area contributed by atoms with Gasteiger partial charge in [0.2, 0.25) is 0 Å². The smallest absolute Gasteiger partial charge is 0.271 e. The predicted molar refractivity (Wildman–Crippen MR) is 140 cm³/mol. The third-order valence-electron chi connectivity index (χ3n) is 5.84. The highest BCUT2D eigenvalue weighted by atomic mass is 32.2. The number of carbonyl (C=O) groups is 1. The second-order valence-corrected chi connectivity index (χ2v) is 10.7. The van der Waals surface area contributed by atoms with Gasteiger partial charge < -0.3 is 24.9 Å². The van der Waals surface area contributed by atoms with Gasteiger partial charge in [-0.2, -0.15) is 0 Å². The first-order valence-corrected chi connectivity index (χ1v) is 13.9. The Hall–Kier alpha value is -2.80. The topological polar surface area (TPSA) is 118 Å². The van der Waals surface area contributed by atoms with Gasteiger partial charge in [0.05, 0.1) is 60.3 Å². The molecular weight excluding hydrogens is 496 g/mol. The molecule has 1 amide bonds. The molecular formula is C25H28N6O3S2. The summed E-state index contributed by atoms with van der Waals surface area (Å²) < 4.78 is 20.3. The van der Waals surface area contributed by atoms with Crippen LogP contribution in [0, 0.1) is 0 Å². The highest BCUT2D eigenvalue weighted by Gasteiger charge is 2.27. The van der Waals surface area contributed by atoms with Crippen LogP contribution in [0.25, 0.3) is 11.0 Å². The van der Waals surface area contributed by atoms with E-state index >= 15 is 0 Å². The number of ether oxygens (including phenoxy) is 1. The number of rotatable bonds is 10. The average Bonchev–Trinajstić information content (AvgIpc) is 3.57. The second-order valence-electron chi connectivity index (χ2n) is 8.33. The number of benzene rings is 2. The van der Waals surface area contributed by atoms with Gasteiger partial charge in [-0.1, -0.05) is 30.3 Å². The van der Waals surface area contributed by atoms with Gasteiger partial charge in [-0.15, -0.1) is 15.6 Å². The molecule has 1 saturated heterocycles. The number of amides is 1. The Morgan fingerprint density at radius 1 is 1.11 bits per heavy atom. The number of aromatic amines is 1. The van der Waals surface area contributed by atoms with E-state index in [2.05, 4.69) is 25.6 Å². The van der Waals surface area contributed by atoms with E-state index in [1.807, 2.05) is 52.8 Å². The lowest BCUT2D eigenvalue weighted by atomic mass is 10.2. The summed E-state index contributed by atoms with van der Waals surface area (Å²) in [5.41, 5.74) is 3.22. The van der Waals surface area contributed by atoms with E-state index in [4.69, 9.17) is 4.74 Å². The van der Waals surface area contributed by atoms with E-state index in [1.54, 1.807) is 5.38 Å². The zero-order valence-corrected chi connectivity index (χ0v) is 21.4. The van der Waals surface area contributed by atoms with Crippen LogP contribution in [0.15, 0.2) is 58.8 Å². The van der Waals surface area contributed by atoms with Crippen LogP contribution >= 0.6 is 11.3 Å². The molecule has 5 rings (SSSR count). The number of imidazole rings is 1. The van der Waals surface area contributed by atoms with Crippen LogP contribution in [0.3, 0.4) is 0 Å². The standard InChI is InChI=1S/C25H28N6O3S2/c32-25(27-15-18-5-1-4-8-22(18)36(33)31-11-13-34-14-12-31)21-17-35-24(30-21)9-10-26-16-23-28-19-6-2-3-7-20(19)29-23/h1-8,17,26H,9-16H2,(H,27,32)(H,28,29). The number of H-pyrrole nitrogens is 1. The minimum Gasteiger partial charge on any atom is -0.593 e. The van der Waals surface area contributed by atoms with Gasteiger partial charge in [-0.3, -0.25) is 4.79 Å². The molecule has 0 radical (unpaired) electrons. The Kier molecular flexibility index (Phi) is 8.26. The number of para-hydroxylation sites is 2. The minimum atomic E-state index is -1.29. The van der Waals surface area contributed by atoms with Crippen LogP contribution in [0.4, 0.5) is 0 Å². The van der Waals surface area contributed by atoms with Crippen molar-refractivity contribution in [2.45, 2.75) is 24.4 Å². The average molecular weight is 525 g/mol. The molecule has 2 aromatic heterocycles. The molecule has 0 saturated carbocycles. The summed E-state index contributed by atoms with van der Waals surface area (Å²) in [6.45, 7) is 4.06. The molecule has 1 atom stereocenters. The van der Waals surface area contributed by atoms with Crippen LogP contribution in [0.5, 0.6) is 0 Å². The van der Waals surface area contributed by atoms with Crippen LogP contribution in [0.2, 0.25) is 0 Å². The quantitative estimate of drug-likeness (QED) is 0.216. The summed E-state index contributed by atoms with van der Waals surface area (Å²) in [5, 5.41) is 8.97. The Balaban J connectivity index is 1.10. The number of morpholine rings is 1. The molecule has 2 aromatic carbocycles. The van der Waals surface area contributed by atoms with Crippen LogP contribution in [0.1, 0.15) is 26.9 Å². The Bertz CT molecular complexity index is 1270. The van der Waals surface area contributed by atoms with Gasteiger partial charge in [0, 0.05) is 30.5 Å². The third-order valence-corrected chi connectivity index (χ3v) is 8.35. The Labute approximate surface area is 216 Å². The third kappa shape index (κ3) is 6.12. The molecule has 3 N–H and O–H groups in total. The monoisotopic (exact) mass is 524 g/mol. The summed E-state index contributed by atoms with van der Waals surface area (Å²) in [7, 11) is 0. The van der Waals surface area contributed by atoms with Crippen molar-refractivity contribution in [3.63, 3.8) is 0 Å². The van der Waals surface area contributed by atoms with Gasteiger partial charge in [0.1, 0.15) is 11.5 Å². The van der Waals surface area contributed by atoms with E-state index in [-0.39, 0.29) is 12.5 Å². The molecule has 0 spiro atoms. The molecule has 1 aliphatic heterocycles. The normalized spacial score (nSPS) is 15.2. The summed E-state index contributed by atoms with van der Waals surface area (Å²) in [5.74, 6) is 0.657. The van der Waals surface area contributed by atoms with Gasteiger partial charge in [0.15, 0.2) is 4.90 Å². The Morgan fingerprint density at radius 2 is 1.92 bits per heavy atom. The number of nitrogens with one attached hydrogen (secondary N) is 3. The van der Waals surface area contributed by atoms with E-state index in [0.29, 0.717) is 43.4 Å². The molecule has 4 aromatic rings. The van der Waals surface area contributed by atoms with Crippen molar-refractivity contribution < 1.29 is 14.1 Å². The molecule has 36 heavy (non-hydrogen) atoms. The first-order chi connectivity index (χ1) is 17.7. The Morgan fingerprint density at radius 3 is 2.78 bits per heavy atom. The fraction of sp³-hybridized carbons (Fsp3) is 0.320. The molecule has 9 nitrogen and oxygen atoms in total. The maximum absolute atomic E-state index is 13.0. The lowest BCUT2D eigenvalue weighted by Crippen LogP contribution is -2.41. The molecule has 0 bridgehead atoms. The molecule has 1 fully saturated rings. The molecule has 188 valence electrons. The number of hydrogen-bond donors (Lipinski definition) is 3. The summed E-state index contributed by atoms with van der Waals surface area (Å²) >= 11 is 0.189. The summed E-state index contributed by atoms with van der Waals surface area (Å²) in [6.07, 6.45) is 0.722. The second kappa shape index (κ2) is 12.0. The lowest BCUT2D eigenvalue weighted by molar-refractivity contribution is 0.0730. The minimum absolute atomic E-state index is 0.236. The van der Waals surface area contributed by atoms with E-state index < -0.39 is 11.4 Å². The van der Waals surface area contributed by atoms with Crippen molar-refractivity contribution in [3.05, 3.63) is 76.0 Å². The highest BCUT2D eigenvalue weighted by molar-refractivity contribution is 7.89. The van der Waals surface area contributed by atoms with Crippen molar-refractivity contribution in [2.24, 2.45) is 0 Å². The molecule has 11 heteroatoms. The van der Waals surface area contributed by atoms with Crippen molar-refractivity contribution in [1.29, 1.82) is 0 Å². The van der Waals surface area contributed by atoms with Gasteiger partial charge >= 0.3 is 0 Å². The van der Waals surface area contributed by atoms with Gasteiger partial charge in [-0.05, 0) is 18.2 Å². The van der Waals surface area contributed by atoms with E-state index in [9.17, 15) is 9.35 Å². The van der Waals surface area contributed by atoms with Gasteiger partial charge in [-0.25, -0.2) is 9.97 Å². The first-order valence-electron chi connectivity index (χ1n) is 11.9. The van der Waals surface area contributed by atoms with Crippen LogP contribution in [-0.2, 0) is 35.6 Å². The predicted octanol–water partition coefficient (Wildman–Crippen LogP) is 2.64. The van der Waals surface area contributed by atoms with Crippen molar-refractivity contribution in [3.8, 4) is 0 Å². The highest BCUT2D eigenvalue weighted by Crippen LogP contribution is 2.21. The maximum Gasteiger partial charge on any atom is 0.271 e. The van der Waals surface area contributed by atoms with Crippen molar-refractivity contribution in [1.82, 2.24) is 29.9 Å². The molecule has 1 aliphatic rings. The maximum atomic E-state index is 13.0. The van der Waals surface area contributed by atoms with Crippen molar-refractivity contribution in [2.75, 3.05) is 32.8 Å². The number of nitrogens with zero attached hydrogens (tertiary/aromatic N) is 3. The fourth-order valence-corrected chi connectivity index (χ4v) is 6.06. The van der Waals surface area contributed by atoms with E-state index in [0.717, 1.165) is 40.4 Å². The van der Waals surface area contributed by atoms with Gasteiger partial charge in [0.25, 0.3) is 5.91 Å². The molecule has 1 unspecified atom stereocenters. The fourth-order valence-electron chi connectivity index (χ4n) is 3.96.